The van der Waals surface area contributed by atoms with Crippen molar-refractivity contribution >= 4 is 24.2 Å². The normalized spacial score (nSPS) is 19.7. The minimum absolute atomic E-state index is 0.0810. The Bertz CT molecular complexity index is 604. The van der Waals surface area contributed by atoms with Crippen molar-refractivity contribution in [3.63, 3.8) is 0 Å². The highest BCUT2D eigenvalue weighted by Gasteiger charge is 2.27. The van der Waals surface area contributed by atoms with E-state index in [1.165, 1.54) is 5.56 Å². The van der Waals surface area contributed by atoms with Crippen molar-refractivity contribution in [2.24, 2.45) is 4.99 Å². The van der Waals surface area contributed by atoms with E-state index in [1.807, 2.05) is 48.5 Å². The number of rotatable bonds is 1. The van der Waals surface area contributed by atoms with Crippen molar-refractivity contribution in [2.45, 2.75) is 12.2 Å². The second-order valence-electron chi connectivity index (χ2n) is 4.33. The molecule has 0 N–H and O–H groups in total. The fourth-order valence-corrected chi connectivity index (χ4v) is 2.26. The first kappa shape index (κ1) is 11.4. The molecule has 0 fully saturated rings. The topological polar surface area (TPSA) is 21.6 Å². The van der Waals surface area contributed by atoms with Crippen molar-refractivity contribution in [1.82, 2.24) is 0 Å². The summed E-state index contributed by atoms with van der Waals surface area (Å²) in [5.74, 6) is 1.49. The third-order valence-corrected chi connectivity index (χ3v) is 3.43. The minimum Gasteiger partial charge on any atom is -0.441 e. The molecule has 1 unspecified atom stereocenters. The Hall–Kier alpha value is -1.74. The highest BCUT2D eigenvalue weighted by atomic mass is 32.1. The molecular weight excluding hydrogens is 242 g/mol. The molecule has 2 aromatic carbocycles. The van der Waals surface area contributed by atoms with Gasteiger partial charge in [-0.2, -0.15) is 12.6 Å². The Morgan fingerprint density at radius 2 is 1.78 bits per heavy atom. The lowest BCUT2D eigenvalue weighted by atomic mass is 10.1. The number of hydrogen-bond donors (Lipinski definition) is 1. The molecule has 1 aliphatic rings. The molecular formula is C15H13NOS. The summed E-state index contributed by atoms with van der Waals surface area (Å²) < 4.78 is 5.73. The predicted molar refractivity (Wildman–Crippen MR) is 77.1 cm³/mol. The second kappa shape index (κ2) is 4.50. The van der Waals surface area contributed by atoms with E-state index in [1.54, 1.807) is 0 Å². The van der Waals surface area contributed by atoms with Gasteiger partial charge in [-0.25, -0.2) is 4.99 Å². The van der Waals surface area contributed by atoms with Gasteiger partial charge in [0.25, 0.3) is 0 Å². The van der Waals surface area contributed by atoms with E-state index in [-0.39, 0.29) is 5.25 Å². The highest BCUT2D eigenvalue weighted by Crippen LogP contribution is 2.38. The van der Waals surface area contributed by atoms with E-state index in [9.17, 15) is 0 Å². The van der Waals surface area contributed by atoms with Gasteiger partial charge in [0.05, 0.1) is 5.69 Å². The van der Waals surface area contributed by atoms with Gasteiger partial charge in [0.15, 0.2) is 0 Å². The predicted octanol–water partition coefficient (Wildman–Crippen LogP) is 4.09. The Morgan fingerprint density at radius 3 is 2.50 bits per heavy atom. The molecule has 0 radical (unpaired) electrons. The van der Waals surface area contributed by atoms with Crippen LogP contribution in [0.15, 0.2) is 53.5 Å². The van der Waals surface area contributed by atoms with Crippen LogP contribution in [0.1, 0.15) is 16.4 Å². The zero-order valence-corrected chi connectivity index (χ0v) is 10.9. The fraction of sp³-hybridized carbons (Fsp3) is 0.133. The second-order valence-corrected chi connectivity index (χ2v) is 4.84. The van der Waals surface area contributed by atoms with Crippen LogP contribution in [0.5, 0.6) is 5.75 Å². The number of fused-ring (bicyclic) bond motifs is 1. The number of hydrogen-bond acceptors (Lipinski definition) is 3. The highest BCUT2D eigenvalue weighted by molar-refractivity contribution is 7.81. The molecule has 3 heteroatoms. The molecule has 0 bridgehead atoms. The number of nitrogens with zero attached hydrogens (tertiary/aromatic N) is 1. The van der Waals surface area contributed by atoms with Gasteiger partial charge >= 0.3 is 0 Å². The van der Waals surface area contributed by atoms with Gasteiger partial charge in [-0.05, 0) is 25.1 Å². The van der Waals surface area contributed by atoms with Crippen LogP contribution in [-0.4, -0.2) is 5.90 Å². The maximum absolute atomic E-state index is 5.73. The fourth-order valence-electron chi connectivity index (χ4n) is 1.93. The molecule has 0 amide bonds. The molecule has 18 heavy (non-hydrogen) atoms. The van der Waals surface area contributed by atoms with Crippen LogP contribution in [0.2, 0.25) is 0 Å². The van der Waals surface area contributed by atoms with Gasteiger partial charge in [-0.3, -0.25) is 0 Å². The van der Waals surface area contributed by atoms with Gasteiger partial charge in [0.1, 0.15) is 11.0 Å². The first-order valence-electron chi connectivity index (χ1n) is 5.84. The Labute approximate surface area is 112 Å². The average molecular weight is 255 g/mol. The number of benzene rings is 2. The average Bonchev–Trinajstić information content (AvgIpc) is 2.70. The van der Waals surface area contributed by atoms with E-state index < -0.39 is 0 Å². The van der Waals surface area contributed by atoms with Crippen LogP contribution < -0.4 is 4.74 Å². The summed E-state index contributed by atoms with van der Waals surface area (Å²) in [6.07, 6.45) is 0. The van der Waals surface area contributed by atoms with Crippen LogP contribution in [-0.2, 0) is 0 Å². The number of aryl methyl sites for hydroxylation is 1. The van der Waals surface area contributed by atoms with Gasteiger partial charge in [0, 0.05) is 5.56 Å². The van der Waals surface area contributed by atoms with Gasteiger partial charge in [0.2, 0.25) is 5.90 Å². The van der Waals surface area contributed by atoms with Crippen molar-refractivity contribution in [1.29, 1.82) is 0 Å². The largest absolute Gasteiger partial charge is 0.441 e. The van der Waals surface area contributed by atoms with Crippen molar-refractivity contribution in [3.8, 4) is 5.75 Å². The van der Waals surface area contributed by atoms with Crippen molar-refractivity contribution in [2.75, 3.05) is 0 Å². The smallest absolute Gasteiger partial charge is 0.212 e. The lowest BCUT2D eigenvalue weighted by molar-refractivity contribution is 0.565. The molecule has 0 saturated carbocycles. The number of ether oxygens (including phenoxy) is 1. The molecule has 1 atom stereocenters. The molecule has 90 valence electrons. The molecule has 3 rings (SSSR count). The summed E-state index contributed by atoms with van der Waals surface area (Å²) in [4.78, 5) is 4.51. The van der Waals surface area contributed by atoms with Crippen LogP contribution in [0, 0.1) is 6.92 Å². The standard InChI is InChI=1S/C15H13NOS/c1-10-6-8-11(9-7-10)16-15-14(18)12-4-2-3-5-13(12)17-15/h2-9,14,18H,1H3. The zero-order valence-electron chi connectivity index (χ0n) is 10.00. The number of para-hydroxylation sites is 1. The summed E-state index contributed by atoms with van der Waals surface area (Å²) in [6.45, 7) is 2.06. The molecule has 0 aromatic heterocycles. The number of thiol groups is 1. The van der Waals surface area contributed by atoms with Crippen LogP contribution in [0.25, 0.3) is 0 Å². The zero-order chi connectivity index (χ0) is 12.5. The number of aliphatic imine (C=N–C) groups is 1. The van der Waals surface area contributed by atoms with E-state index in [0.717, 1.165) is 17.0 Å². The molecule has 1 aliphatic heterocycles. The van der Waals surface area contributed by atoms with Crippen LogP contribution in [0.3, 0.4) is 0 Å². The molecule has 0 aliphatic carbocycles. The van der Waals surface area contributed by atoms with Gasteiger partial charge in [-0.1, -0.05) is 35.9 Å². The Morgan fingerprint density at radius 1 is 1.06 bits per heavy atom. The first-order valence-corrected chi connectivity index (χ1v) is 6.36. The molecule has 2 nitrogen and oxygen atoms in total. The third kappa shape index (κ3) is 2.02. The summed E-state index contributed by atoms with van der Waals surface area (Å²) in [5.41, 5.74) is 3.19. The first-order chi connectivity index (χ1) is 8.74. The van der Waals surface area contributed by atoms with Crippen molar-refractivity contribution in [3.05, 3.63) is 59.7 Å². The quantitative estimate of drug-likeness (QED) is 0.762. The Balaban J connectivity index is 1.94. The molecule has 0 spiro atoms. The molecule has 2 aromatic rings. The van der Waals surface area contributed by atoms with E-state index in [4.69, 9.17) is 4.74 Å². The van der Waals surface area contributed by atoms with E-state index in [0.29, 0.717) is 5.90 Å². The monoisotopic (exact) mass is 255 g/mol. The Kier molecular flexibility index (Phi) is 2.84. The van der Waals surface area contributed by atoms with Gasteiger partial charge < -0.3 is 4.74 Å². The van der Waals surface area contributed by atoms with Crippen LogP contribution >= 0.6 is 12.6 Å². The summed E-state index contributed by atoms with van der Waals surface area (Å²) in [5, 5.41) is -0.0810. The SMILES string of the molecule is Cc1ccc(N=C2Oc3ccccc3C2S)cc1. The summed E-state index contributed by atoms with van der Waals surface area (Å²) >= 11 is 4.56. The van der Waals surface area contributed by atoms with Gasteiger partial charge in [-0.15, -0.1) is 0 Å². The van der Waals surface area contributed by atoms with E-state index in [2.05, 4.69) is 24.5 Å². The third-order valence-electron chi connectivity index (χ3n) is 2.94. The maximum atomic E-state index is 5.73. The lowest BCUT2D eigenvalue weighted by Gasteiger charge is -2.02. The van der Waals surface area contributed by atoms with Crippen molar-refractivity contribution < 1.29 is 4.74 Å². The van der Waals surface area contributed by atoms with Crippen LogP contribution in [0.4, 0.5) is 5.69 Å². The minimum atomic E-state index is -0.0810. The summed E-state index contributed by atoms with van der Waals surface area (Å²) in [6, 6.07) is 15.9. The van der Waals surface area contributed by atoms with E-state index >= 15 is 0 Å². The molecule has 0 saturated heterocycles. The molecule has 1 heterocycles. The lowest BCUT2D eigenvalue weighted by Crippen LogP contribution is -2.05. The maximum Gasteiger partial charge on any atom is 0.212 e. The summed E-state index contributed by atoms with van der Waals surface area (Å²) in [7, 11) is 0.